The van der Waals surface area contributed by atoms with Gasteiger partial charge in [-0.3, -0.25) is 9.59 Å². The number of nitrogens with zero attached hydrogens (tertiary/aromatic N) is 2. The molecule has 0 spiro atoms. The quantitative estimate of drug-likeness (QED) is 0.261. The molecule has 0 fully saturated rings. The standard InChI is InChI=1S/C30H35ClN2O8S/c1-30(2,16-34)15-33-21-10-8-17(31)12-20(21)26(19-6-5-7-23(39-3)27(19)40-4)41-24(29(33)38)13-22(35)28-32-14-18(42-28)9-11-25(36)37/h5-8,10,12,14,22,24,26,34-35H,9,11,13,15-16H2,1-4H3,(H,36,37)/t22?,24-,26-/m1/s1. The van der Waals surface area contributed by atoms with Gasteiger partial charge in [-0.15, -0.1) is 11.3 Å². The van der Waals surface area contributed by atoms with Gasteiger partial charge in [0.2, 0.25) is 0 Å². The molecule has 42 heavy (non-hydrogen) atoms. The second-order valence-corrected chi connectivity index (χ2v) is 12.4. The van der Waals surface area contributed by atoms with Gasteiger partial charge in [0.25, 0.3) is 5.91 Å². The lowest BCUT2D eigenvalue weighted by Gasteiger charge is -2.33. The lowest BCUT2D eigenvalue weighted by molar-refractivity contribution is -0.137. The van der Waals surface area contributed by atoms with Gasteiger partial charge in [0.1, 0.15) is 23.3 Å². The molecular weight excluding hydrogens is 584 g/mol. The number of amides is 1. The van der Waals surface area contributed by atoms with Gasteiger partial charge in [-0.05, 0) is 30.7 Å². The number of benzene rings is 2. The number of aliphatic hydroxyl groups excluding tert-OH is 2. The molecule has 3 atom stereocenters. The molecule has 12 heteroatoms. The van der Waals surface area contributed by atoms with Crippen molar-refractivity contribution in [2.24, 2.45) is 5.41 Å². The van der Waals surface area contributed by atoms with Crippen LogP contribution < -0.4 is 14.4 Å². The van der Waals surface area contributed by atoms with Crippen LogP contribution in [0.1, 0.15) is 59.9 Å². The van der Waals surface area contributed by atoms with Gasteiger partial charge in [-0.1, -0.05) is 37.6 Å². The third kappa shape index (κ3) is 7.04. The number of para-hydroxylation sites is 1. The highest BCUT2D eigenvalue weighted by Crippen LogP contribution is 2.46. The number of methoxy groups -OCH3 is 2. The summed E-state index contributed by atoms with van der Waals surface area (Å²) in [4.78, 5) is 31.8. The van der Waals surface area contributed by atoms with Crippen molar-refractivity contribution in [2.75, 3.05) is 32.3 Å². The number of aromatic nitrogens is 1. The van der Waals surface area contributed by atoms with Crippen molar-refractivity contribution in [3.05, 3.63) is 68.6 Å². The van der Waals surface area contributed by atoms with E-state index in [1.54, 1.807) is 41.4 Å². The molecule has 1 aliphatic heterocycles. The number of rotatable bonds is 12. The van der Waals surface area contributed by atoms with E-state index in [2.05, 4.69) is 4.98 Å². The lowest BCUT2D eigenvalue weighted by Crippen LogP contribution is -2.45. The molecule has 2 aromatic carbocycles. The topological polar surface area (TPSA) is 139 Å². The molecule has 1 aromatic heterocycles. The number of anilines is 1. The van der Waals surface area contributed by atoms with E-state index in [0.717, 1.165) is 0 Å². The van der Waals surface area contributed by atoms with E-state index >= 15 is 0 Å². The molecule has 3 N–H and O–H groups in total. The van der Waals surface area contributed by atoms with E-state index in [-0.39, 0.29) is 32.4 Å². The van der Waals surface area contributed by atoms with Crippen LogP contribution in [0.5, 0.6) is 11.5 Å². The molecule has 0 saturated heterocycles. The first-order valence-corrected chi connectivity index (χ1v) is 14.6. The molecular formula is C30H35ClN2O8S. The summed E-state index contributed by atoms with van der Waals surface area (Å²) in [5.74, 6) is -0.419. The number of aliphatic hydroxyl groups is 2. The minimum absolute atomic E-state index is 0.0532. The molecule has 226 valence electrons. The van der Waals surface area contributed by atoms with Gasteiger partial charge >= 0.3 is 5.97 Å². The summed E-state index contributed by atoms with van der Waals surface area (Å²) < 4.78 is 17.8. The summed E-state index contributed by atoms with van der Waals surface area (Å²) in [6.45, 7) is 3.70. The molecule has 1 aliphatic rings. The maximum atomic E-state index is 14.2. The Kier molecular flexibility index (Phi) is 10.1. The van der Waals surface area contributed by atoms with Crippen molar-refractivity contribution in [1.29, 1.82) is 0 Å². The Balaban J connectivity index is 1.80. The highest BCUT2D eigenvalue weighted by atomic mass is 35.5. The average Bonchev–Trinajstić information content (AvgIpc) is 3.42. The molecule has 0 radical (unpaired) electrons. The highest BCUT2D eigenvalue weighted by molar-refractivity contribution is 7.11. The molecule has 3 aromatic rings. The number of halogens is 1. The van der Waals surface area contributed by atoms with E-state index in [4.69, 9.17) is 30.9 Å². The molecule has 1 amide bonds. The lowest BCUT2D eigenvalue weighted by atomic mass is 9.92. The Bertz CT molecular complexity index is 1430. The SMILES string of the molecule is COc1cccc([C@H]2O[C@H](CC(O)c3ncc(CCC(=O)O)s3)C(=O)N(CC(C)(C)CO)c3ccc(Cl)cc32)c1OC. The zero-order valence-electron chi connectivity index (χ0n) is 23.9. The number of carbonyl (C=O) groups is 2. The number of thiazole rings is 1. The second kappa shape index (κ2) is 13.4. The van der Waals surface area contributed by atoms with E-state index in [1.807, 2.05) is 19.9 Å². The molecule has 0 bridgehead atoms. The van der Waals surface area contributed by atoms with Gasteiger partial charge < -0.3 is 34.4 Å². The summed E-state index contributed by atoms with van der Waals surface area (Å²) in [5.41, 5.74) is 1.11. The van der Waals surface area contributed by atoms with Gasteiger partial charge in [0, 0.05) is 57.9 Å². The largest absolute Gasteiger partial charge is 0.493 e. The number of carboxylic acid groups (broad SMARTS) is 1. The summed E-state index contributed by atoms with van der Waals surface area (Å²) >= 11 is 7.67. The normalized spacial score (nSPS) is 17.9. The van der Waals surface area contributed by atoms with E-state index in [0.29, 0.717) is 43.2 Å². The van der Waals surface area contributed by atoms with Crippen LogP contribution in [-0.4, -0.2) is 65.7 Å². The Morgan fingerprint density at radius 2 is 1.98 bits per heavy atom. The molecule has 0 aliphatic carbocycles. The second-order valence-electron chi connectivity index (χ2n) is 10.8. The Morgan fingerprint density at radius 1 is 1.21 bits per heavy atom. The number of hydrogen-bond donors (Lipinski definition) is 3. The van der Waals surface area contributed by atoms with Crippen molar-refractivity contribution in [1.82, 2.24) is 4.98 Å². The summed E-state index contributed by atoms with van der Waals surface area (Å²) in [6, 6.07) is 10.5. The number of ether oxygens (including phenoxy) is 3. The van der Waals surface area contributed by atoms with Crippen molar-refractivity contribution in [3.8, 4) is 11.5 Å². The van der Waals surface area contributed by atoms with E-state index < -0.39 is 35.6 Å². The summed E-state index contributed by atoms with van der Waals surface area (Å²) in [6.07, 6.45) is -1.47. The number of fused-ring (bicyclic) bond motifs is 1. The van der Waals surface area contributed by atoms with Crippen LogP contribution in [0, 0.1) is 5.41 Å². The van der Waals surface area contributed by atoms with Crippen LogP contribution in [0.25, 0.3) is 0 Å². The van der Waals surface area contributed by atoms with Crippen LogP contribution >= 0.6 is 22.9 Å². The first kappa shape index (κ1) is 31.7. The molecule has 10 nitrogen and oxygen atoms in total. The van der Waals surface area contributed by atoms with Crippen LogP contribution in [0.2, 0.25) is 5.02 Å². The predicted octanol–water partition coefficient (Wildman–Crippen LogP) is 4.79. The average molecular weight is 619 g/mol. The molecule has 1 unspecified atom stereocenters. The fraction of sp³-hybridized carbons (Fsp3) is 0.433. The van der Waals surface area contributed by atoms with Crippen LogP contribution in [0.15, 0.2) is 42.6 Å². The van der Waals surface area contributed by atoms with Crippen molar-refractivity contribution >= 4 is 40.5 Å². The maximum Gasteiger partial charge on any atom is 0.303 e. The van der Waals surface area contributed by atoms with E-state index in [1.165, 1.54) is 25.6 Å². The van der Waals surface area contributed by atoms with Crippen LogP contribution in [-0.2, 0) is 20.7 Å². The van der Waals surface area contributed by atoms with Gasteiger partial charge in [0.05, 0.1) is 20.6 Å². The smallest absolute Gasteiger partial charge is 0.303 e. The summed E-state index contributed by atoms with van der Waals surface area (Å²) in [5, 5.41) is 31.1. The Labute approximate surface area is 253 Å². The third-order valence-electron chi connectivity index (χ3n) is 7.01. The van der Waals surface area contributed by atoms with E-state index in [9.17, 15) is 19.8 Å². The number of hydrogen-bond acceptors (Lipinski definition) is 9. The van der Waals surface area contributed by atoms with Crippen LogP contribution in [0.4, 0.5) is 5.69 Å². The monoisotopic (exact) mass is 618 g/mol. The number of aryl methyl sites for hydroxylation is 1. The molecule has 0 saturated carbocycles. The minimum Gasteiger partial charge on any atom is -0.493 e. The van der Waals surface area contributed by atoms with Gasteiger partial charge in [-0.2, -0.15) is 0 Å². The Morgan fingerprint density at radius 3 is 2.64 bits per heavy atom. The first-order chi connectivity index (χ1) is 20.0. The Hall–Kier alpha value is -3.22. The fourth-order valence-corrected chi connectivity index (χ4v) is 5.95. The fourth-order valence-electron chi connectivity index (χ4n) is 4.85. The van der Waals surface area contributed by atoms with Gasteiger partial charge in [0.15, 0.2) is 11.5 Å². The molecule has 4 rings (SSSR count). The van der Waals surface area contributed by atoms with Gasteiger partial charge in [-0.25, -0.2) is 4.98 Å². The summed E-state index contributed by atoms with van der Waals surface area (Å²) in [7, 11) is 3.05. The van der Waals surface area contributed by atoms with Crippen molar-refractivity contribution < 1.29 is 39.1 Å². The zero-order valence-corrected chi connectivity index (χ0v) is 25.4. The maximum absolute atomic E-state index is 14.2. The predicted molar refractivity (Wildman–Crippen MR) is 159 cm³/mol. The van der Waals surface area contributed by atoms with Crippen LogP contribution in [0.3, 0.4) is 0 Å². The van der Waals surface area contributed by atoms with Crippen molar-refractivity contribution in [2.45, 2.75) is 51.4 Å². The number of carbonyl (C=O) groups excluding carboxylic acids is 1. The number of carboxylic acids is 1. The number of aliphatic carboxylic acids is 1. The van der Waals surface area contributed by atoms with Crippen molar-refractivity contribution in [3.63, 3.8) is 0 Å². The third-order valence-corrected chi connectivity index (χ3v) is 8.41. The minimum atomic E-state index is -1.16. The molecule has 2 heterocycles. The highest BCUT2D eigenvalue weighted by Gasteiger charge is 2.41. The zero-order chi connectivity index (χ0) is 30.6. The first-order valence-electron chi connectivity index (χ1n) is 13.4.